The van der Waals surface area contributed by atoms with E-state index in [0.29, 0.717) is 23.9 Å². The fourth-order valence-electron chi connectivity index (χ4n) is 2.66. The fourth-order valence-corrected chi connectivity index (χ4v) is 2.78. The van der Waals surface area contributed by atoms with E-state index in [1.165, 1.54) is 11.3 Å². The fraction of sp³-hybridized carbons (Fsp3) is 0.556. The van der Waals surface area contributed by atoms with Gasteiger partial charge in [-0.15, -0.1) is 0 Å². The minimum absolute atomic E-state index is 0.0369. The van der Waals surface area contributed by atoms with Crippen molar-refractivity contribution in [2.75, 3.05) is 26.8 Å². The van der Waals surface area contributed by atoms with E-state index in [4.69, 9.17) is 21.1 Å². The molecular formula is C18H24ClNO4. The van der Waals surface area contributed by atoms with Crippen molar-refractivity contribution in [1.29, 1.82) is 0 Å². The van der Waals surface area contributed by atoms with Crippen LogP contribution in [-0.2, 0) is 14.3 Å². The number of halogens is 1. The van der Waals surface area contributed by atoms with Crippen molar-refractivity contribution in [3.05, 3.63) is 29.3 Å². The van der Waals surface area contributed by atoms with Crippen molar-refractivity contribution in [2.24, 2.45) is 5.92 Å². The molecule has 6 heteroatoms. The lowest BCUT2D eigenvalue weighted by Crippen LogP contribution is -2.35. The predicted molar refractivity (Wildman–Crippen MR) is 92.1 cm³/mol. The van der Waals surface area contributed by atoms with E-state index >= 15 is 0 Å². The van der Waals surface area contributed by atoms with Crippen LogP contribution in [0.15, 0.2) is 24.3 Å². The first kappa shape index (κ1) is 18.6. The standard InChI is InChI=1S/C18H24ClNO4/c1-20(11-12-23-16-9-7-15(19)8-10-16)17(21)13-24-18(22)14-5-3-2-4-6-14/h7-10,14H,2-6,11-13H2,1H3. The molecule has 0 saturated heterocycles. The lowest BCUT2D eigenvalue weighted by Gasteiger charge is -2.21. The molecule has 0 heterocycles. The van der Waals surface area contributed by atoms with Crippen molar-refractivity contribution >= 4 is 23.5 Å². The number of ether oxygens (including phenoxy) is 2. The van der Waals surface area contributed by atoms with Crippen LogP contribution in [0.1, 0.15) is 32.1 Å². The summed E-state index contributed by atoms with van der Waals surface area (Å²) in [6.45, 7) is 0.579. The second-order valence-corrected chi connectivity index (χ2v) is 6.50. The molecule has 1 saturated carbocycles. The van der Waals surface area contributed by atoms with Crippen molar-refractivity contribution in [3.8, 4) is 5.75 Å². The summed E-state index contributed by atoms with van der Waals surface area (Å²) >= 11 is 5.80. The average molecular weight is 354 g/mol. The smallest absolute Gasteiger partial charge is 0.309 e. The maximum atomic E-state index is 12.0. The zero-order valence-corrected chi connectivity index (χ0v) is 14.8. The molecule has 1 aliphatic carbocycles. The van der Waals surface area contributed by atoms with Crippen molar-refractivity contribution in [1.82, 2.24) is 4.90 Å². The third kappa shape index (κ3) is 6.04. The summed E-state index contributed by atoms with van der Waals surface area (Å²) in [5.74, 6) is 0.196. The highest BCUT2D eigenvalue weighted by Gasteiger charge is 2.23. The van der Waals surface area contributed by atoms with Gasteiger partial charge in [-0.3, -0.25) is 9.59 Å². The summed E-state index contributed by atoms with van der Waals surface area (Å²) in [5, 5.41) is 0.648. The molecule has 1 aromatic rings. The highest BCUT2D eigenvalue weighted by molar-refractivity contribution is 6.30. The van der Waals surface area contributed by atoms with E-state index in [0.717, 1.165) is 25.7 Å². The van der Waals surface area contributed by atoms with E-state index in [-0.39, 0.29) is 24.4 Å². The Morgan fingerprint density at radius 3 is 2.50 bits per heavy atom. The first-order valence-electron chi connectivity index (χ1n) is 8.35. The molecule has 2 rings (SSSR count). The van der Waals surface area contributed by atoms with Crippen LogP contribution in [0.25, 0.3) is 0 Å². The Balaban J connectivity index is 1.64. The van der Waals surface area contributed by atoms with Crippen LogP contribution in [-0.4, -0.2) is 43.6 Å². The molecule has 0 aromatic heterocycles. The van der Waals surface area contributed by atoms with Gasteiger partial charge in [-0.25, -0.2) is 0 Å². The van der Waals surface area contributed by atoms with Gasteiger partial charge in [0, 0.05) is 12.1 Å². The van der Waals surface area contributed by atoms with E-state index in [1.54, 1.807) is 31.3 Å². The van der Waals surface area contributed by atoms with Gasteiger partial charge in [-0.05, 0) is 37.1 Å². The predicted octanol–water partition coefficient (Wildman–Crippen LogP) is 3.30. The van der Waals surface area contributed by atoms with Crippen LogP contribution in [0.5, 0.6) is 5.75 Å². The Kier molecular flexibility index (Phi) is 7.37. The first-order chi connectivity index (χ1) is 11.6. The maximum Gasteiger partial charge on any atom is 0.309 e. The quantitative estimate of drug-likeness (QED) is 0.706. The van der Waals surface area contributed by atoms with Crippen LogP contribution in [0.3, 0.4) is 0 Å². The van der Waals surface area contributed by atoms with Crippen LogP contribution < -0.4 is 4.74 Å². The molecule has 0 atom stereocenters. The number of amides is 1. The second-order valence-electron chi connectivity index (χ2n) is 6.06. The van der Waals surface area contributed by atoms with Crippen LogP contribution in [0, 0.1) is 5.92 Å². The van der Waals surface area contributed by atoms with Crippen LogP contribution in [0.2, 0.25) is 5.02 Å². The lowest BCUT2D eigenvalue weighted by atomic mass is 9.89. The molecule has 0 unspecified atom stereocenters. The van der Waals surface area contributed by atoms with Crippen LogP contribution >= 0.6 is 11.6 Å². The maximum absolute atomic E-state index is 12.0. The molecule has 0 radical (unpaired) electrons. The number of benzene rings is 1. The SMILES string of the molecule is CN(CCOc1ccc(Cl)cc1)C(=O)COC(=O)C1CCCCC1. The molecule has 0 aliphatic heterocycles. The summed E-state index contributed by atoms with van der Waals surface area (Å²) in [6.07, 6.45) is 5.06. The molecule has 1 fully saturated rings. The van der Waals surface area contributed by atoms with Crippen molar-refractivity contribution in [2.45, 2.75) is 32.1 Å². The van der Waals surface area contributed by atoms with E-state index < -0.39 is 0 Å². The zero-order valence-electron chi connectivity index (χ0n) is 14.0. The van der Waals surface area contributed by atoms with Gasteiger partial charge in [0.2, 0.25) is 0 Å². The molecule has 24 heavy (non-hydrogen) atoms. The lowest BCUT2D eigenvalue weighted by molar-refractivity contribution is -0.156. The normalized spacial score (nSPS) is 14.9. The van der Waals surface area contributed by atoms with Crippen molar-refractivity contribution < 1.29 is 19.1 Å². The monoisotopic (exact) mass is 353 g/mol. The van der Waals surface area contributed by atoms with Crippen molar-refractivity contribution in [3.63, 3.8) is 0 Å². The second kappa shape index (κ2) is 9.52. The number of esters is 1. The highest BCUT2D eigenvalue weighted by Crippen LogP contribution is 2.24. The van der Waals surface area contributed by atoms with Gasteiger partial charge in [-0.2, -0.15) is 0 Å². The Morgan fingerprint density at radius 1 is 1.17 bits per heavy atom. The number of carbonyl (C=O) groups excluding carboxylic acids is 2. The summed E-state index contributed by atoms with van der Waals surface area (Å²) in [4.78, 5) is 25.4. The summed E-state index contributed by atoms with van der Waals surface area (Å²) < 4.78 is 10.7. The molecule has 132 valence electrons. The van der Waals surface area contributed by atoms with Gasteiger partial charge < -0.3 is 14.4 Å². The van der Waals surface area contributed by atoms with Crippen LogP contribution in [0.4, 0.5) is 0 Å². The molecule has 5 nitrogen and oxygen atoms in total. The largest absolute Gasteiger partial charge is 0.492 e. The average Bonchev–Trinajstić information content (AvgIpc) is 2.61. The number of rotatable bonds is 7. The minimum Gasteiger partial charge on any atom is -0.492 e. The summed E-state index contributed by atoms with van der Waals surface area (Å²) in [5.41, 5.74) is 0. The topological polar surface area (TPSA) is 55.8 Å². The summed E-state index contributed by atoms with van der Waals surface area (Å²) in [6, 6.07) is 7.04. The minimum atomic E-state index is -0.242. The van der Waals surface area contributed by atoms with Gasteiger partial charge >= 0.3 is 5.97 Å². The first-order valence-corrected chi connectivity index (χ1v) is 8.73. The van der Waals surface area contributed by atoms with E-state index in [2.05, 4.69) is 0 Å². The zero-order chi connectivity index (χ0) is 17.4. The highest BCUT2D eigenvalue weighted by atomic mass is 35.5. The van der Waals surface area contributed by atoms with Gasteiger partial charge in [-0.1, -0.05) is 30.9 Å². The molecule has 0 N–H and O–H groups in total. The number of carbonyl (C=O) groups is 2. The van der Waals surface area contributed by atoms with Gasteiger partial charge in [0.05, 0.1) is 12.5 Å². The Morgan fingerprint density at radius 2 is 1.83 bits per heavy atom. The Labute approximate surface area is 147 Å². The third-order valence-corrected chi connectivity index (χ3v) is 4.46. The molecule has 1 aliphatic rings. The number of likely N-dealkylation sites (N-methyl/N-ethyl adjacent to an activating group) is 1. The van der Waals surface area contributed by atoms with Gasteiger partial charge in [0.25, 0.3) is 5.91 Å². The van der Waals surface area contributed by atoms with Gasteiger partial charge in [0.15, 0.2) is 6.61 Å². The molecule has 0 bridgehead atoms. The molecule has 1 aromatic carbocycles. The molecule has 0 spiro atoms. The number of nitrogens with zero attached hydrogens (tertiary/aromatic N) is 1. The number of hydrogen-bond acceptors (Lipinski definition) is 4. The third-order valence-electron chi connectivity index (χ3n) is 4.21. The summed E-state index contributed by atoms with van der Waals surface area (Å²) in [7, 11) is 1.67. The number of hydrogen-bond donors (Lipinski definition) is 0. The Hall–Kier alpha value is -1.75. The van der Waals surface area contributed by atoms with Gasteiger partial charge in [0.1, 0.15) is 12.4 Å². The molecular weight excluding hydrogens is 330 g/mol. The molecule has 1 amide bonds. The van der Waals surface area contributed by atoms with E-state index in [9.17, 15) is 9.59 Å². The Bertz CT molecular complexity index is 540. The van der Waals surface area contributed by atoms with E-state index in [1.807, 2.05) is 0 Å².